The van der Waals surface area contributed by atoms with Crippen molar-refractivity contribution in [1.29, 1.82) is 0 Å². The van der Waals surface area contributed by atoms with Crippen LogP contribution in [-0.4, -0.2) is 24.4 Å². The van der Waals surface area contributed by atoms with E-state index in [2.05, 4.69) is 5.32 Å². The van der Waals surface area contributed by atoms with E-state index >= 15 is 0 Å². The zero-order valence-electron chi connectivity index (χ0n) is 9.44. The number of anilines is 1. The van der Waals surface area contributed by atoms with Gasteiger partial charge in [0.05, 0.1) is 0 Å². The first-order valence-corrected chi connectivity index (χ1v) is 5.86. The van der Waals surface area contributed by atoms with Gasteiger partial charge in [0.2, 0.25) is 11.8 Å². The first kappa shape index (κ1) is 11.9. The lowest BCUT2D eigenvalue weighted by atomic mass is 10.1. The third-order valence-electron chi connectivity index (χ3n) is 2.73. The summed E-state index contributed by atoms with van der Waals surface area (Å²) >= 11 is 5.88. The Morgan fingerprint density at radius 3 is 2.88 bits per heavy atom. The normalized spacial score (nSPS) is 20.4. The SMILES string of the molecule is CCC1NC(=O)CN(c2cccc(Cl)c2)C1=O. The summed E-state index contributed by atoms with van der Waals surface area (Å²) in [7, 11) is 0. The van der Waals surface area contributed by atoms with Gasteiger partial charge in [-0.3, -0.25) is 9.59 Å². The highest BCUT2D eigenvalue weighted by atomic mass is 35.5. The predicted molar refractivity (Wildman–Crippen MR) is 66.0 cm³/mol. The summed E-state index contributed by atoms with van der Waals surface area (Å²) in [5.41, 5.74) is 0.663. The van der Waals surface area contributed by atoms with Crippen molar-refractivity contribution < 1.29 is 9.59 Å². The molecule has 5 heteroatoms. The highest BCUT2D eigenvalue weighted by molar-refractivity contribution is 6.31. The van der Waals surface area contributed by atoms with Crippen molar-refractivity contribution in [3.63, 3.8) is 0 Å². The fourth-order valence-corrected chi connectivity index (χ4v) is 2.04. The molecule has 0 saturated carbocycles. The highest BCUT2D eigenvalue weighted by Gasteiger charge is 2.32. The number of hydrogen-bond donors (Lipinski definition) is 1. The lowest BCUT2D eigenvalue weighted by molar-refractivity contribution is -0.131. The number of hydrogen-bond acceptors (Lipinski definition) is 2. The van der Waals surface area contributed by atoms with Crippen LogP contribution >= 0.6 is 11.6 Å². The number of carbonyl (C=O) groups excluding carboxylic acids is 2. The lowest BCUT2D eigenvalue weighted by Crippen LogP contribution is -2.58. The molecular formula is C12H13ClN2O2. The Kier molecular flexibility index (Phi) is 3.33. The Balaban J connectivity index is 2.30. The smallest absolute Gasteiger partial charge is 0.250 e. The number of nitrogens with zero attached hydrogens (tertiary/aromatic N) is 1. The third kappa shape index (κ3) is 2.42. The van der Waals surface area contributed by atoms with Crippen molar-refractivity contribution in [3.8, 4) is 0 Å². The van der Waals surface area contributed by atoms with E-state index in [1.807, 2.05) is 6.92 Å². The van der Waals surface area contributed by atoms with Gasteiger partial charge in [0.1, 0.15) is 12.6 Å². The maximum atomic E-state index is 12.1. The minimum absolute atomic E-state index is 0.0513. The minimum Gasteiger partial charge on any atom is -0.343 e. The summed E-state index contributed by atoms with van der Waals surface area (Å²) in [4.78, 5) is 25.1. The van der Waals surface area contributed by atoms with Gasteiger partial charge in [-0.2, -0.15) is 0 Å². The van der Waals surface area contributed by atoms with Crippen molar-refractivity contribution in [1.82, 2.24) is 5.32 Å². The quantitative estimate of drug-likeness (QED) is 0.869. The number of carbonyl (C=O) groups is 2. The predicted octanol–water partition coefficient (Wildman–Crippen LogP) is 1.58. The molecule has 1 unspecified atom stereocenters. The molecule has 1 aromatic carbocycles. The Labute approximate surface area is 105 Å². The molecule has 1 heterocycles. The van der Waals surface area contributed by atoms with Crippen molar-refractivity contribution >= 4 is 29.1 Å². The summed E-state index contributed by atoms with van der Waals surface area (Å²) < 4.78 is 0. The van der Waals surface area contributed by atoms with Gasteiger partial charge in [0.25, 0.3) is 0 Å². The van der Waals surface area contributed by atoms with E-state index in [1.54, 1.807) is 24.3 Å². The molecule has 1 N–H and O–H groups in total. The van der Waals surface area contributed by atoms with Gasteiger partial charge in [-0.25, -0.2) is 0 Å². The maximum Gasteiger partial charge on any atom is 0.250 e. The lowest BCUT2D eigenvalue weighted by Gasteiger charge is -2.32. The second kappa shape index (κ2) is 4.75. The molecule has 2 rings (SSSR count). The molecule has 90 valence electrons. The molecule has 2 amide bonds. The molecule has 0 radical (unpaired) electrons. The summed E-state index contributed by atoms with van der Waals surface area (Å²) in [6.07, 6.45) is 0.585. The van der Waals surface area contributed by atoms with E-state index in [1.165, 1.54) is 4.90 Å². The van der Waals surface area contributed by atoms with Crippen LogP contribution in [0.1, 0.15) is 13.3 Å². The molecule has 0 spiro atoms. The van der Waals surface area contributed by atoms with Crippen LogP contribution in [0.2, 0.25) is 5.02 Å². The monoisotopic (exact) mass is 252 g/mol. The van der Waals surface area contributed by atoms with E-state index in [-0.39, 0.29) is 18.4 Å². The number of nitrogens with one attached hydrogen (secondary N) is 1. The molecular weight excluding hydrogens is 240 g/mol. The van der Waals surface area contributed by atoms with Gasteiger partial charge >= 0.3 is 0 Å². The van der Waals surface area contributed by atoms with Gasteiger partial charge in [-0.05, 0) is 24.6 Å². The van der Waals surface area contributed by atoms with Crippen LogP contribution in [0.25, 0.3) is 0 Å². The van der Waals surface area contributed by atoms with E-state index < -0.39 is 6.04 Å². The Morgan fingerprint density at radius 1 is 1.47 bits per heavy atom. The van der Waals surface area contributed by atoms with Gasteiger partial charge in [-0.1, -0.05) is 24.6 Å². The fourth-order valence-electron chi connectivity index (χ4n) is 1.85. The number of halogens is 1. The first-order chi connectivity index (χ1) is 8.11. The molecule has 1 aliphatic heterocycles. The standard InChI is InChI=1S/C12H13ClN2O2/c1-2-10-12(17)15(7-11(16)14-10)9-5-3-4-8(13)6-9/h3-6,10H,2,7H2,1H3,(H,14,16). The third-order valence-corrected chi connectivity index (χ3v) is 2.96. The van der Waals surface area contributed by atoms with Gasteiger partial charge in [0.15, 0.2) is 0 Å². The van der Waals surface area contributed by atoms with E-state index in [0.717, 1.165) is 0 Å². The van der Waals surface area contributed by atoms with Crippen LogP contribution in [0.4, 0.5) is 5.69 Å². The first-order valence-electron chi connectivity index (χ1n) is 5.48. The molecule has 0 aliphatic carbocycles. The topological polar surface area (TPSA) is 49.4 Å². The zero-order valence-corrected chi connectivity index (χ0v) is 10.2. The van der Waals surface area contributed by atoms with Crippen LogP contribution in [-0.2, 0) is 9.59 Å². The minimum atomic E-state index is -0.435. The summed E-state index contributed by atoms with van der Waals surface area (Å²) in [6.45, 7) is 1.92. The Hall–Kier alpha value is -1.55. The van der Waals surface area contributed by atoms with Gasteiger partial charge in [0, 0.05) is 10.7 Å². The average Bonchev–Trinajstić information content (AvgIpc) is 2.31. The van der Waals surface area contributed by atoms with Crippen LogP contribution in [0.3, 0.4) is 0 Å². The van der Waals surface area contributed by atoms with Crippen LogP contribution in [0.15, 0.2) is 24.3 Å². The van der Waals surface area contributed by atoms with Crippen molar-refractivity contribution in [2.45, 2.75) is 19.4 Å². The fraction of sp³-hybridized carbons (Fsp3) is 0.333. The number of benzene rings is 1. The maximum absolute atomic E-state index is 12.1. The number of piperazine rings is 1. The molecule has 0 bridgehead atoms. The van der Waals surface area contributed by atoms with Crippen molar-refractivity contribution in [2.75, 3.05) is 11.4 Å². The second-order valence-corrected chi connectivity index (χ2v) is 4.37. The molecule has 4 nitrogen and oxygen atoms in total. The Bertz CT molecular complexity index is 462. The largest absolute Gasteiger partial charge is 0.343 e. The zero-order chi connectivity index (χ0) is 12.4. The number of amides is 2. The van der Waals surface area contributed by atoms with E-state index in [0.29, 0.717) is 17.1 Å². The summed E-state index contributed by atoms with van der Waals surface area (Å²) in [6, 6.07) is 6.52. The van der Waals surface area contributed by atoms with E-state index in [9.17, 15) is 9.59 Å². The van der Waals surface area contributed by atoms with Crippen molar-refractivity contribution in [3.05, 3.63) is 29.3 Å². The molecule has 0 aromatic heterocycles. The van der Waals surface area contributed by atoms with E-state index in [4.69, 9.17) is 11.6 Å². The molecule has 1 aromatic rings. The summed E-state index contributed by atoms with van der Waals surface area (Å²) in [5, 5.41) is 3.22. The van der Waals surface area contributed by atoms with Gasteiger partial charge in [-0.15, -0.1) is 0 Å². The summed E-state index contributed by atoms with van der Waals surface area (Å²) in [5.74, 6) is -0.231. The Morgan fingerprint density at radius 2 is 2.24 bits per heavy atom. The molecule has 1 aliphatic rings. The average molecular weight is 253 g/mol. The molecule has 1 fully saturated rings. The van der Waals surface area contributed by atoms with Crippen LogP contribution < -0.4 is 10.2 Å². The highest BCUT2D eigenvalue weighted by Crippen LogP contribution is 2.21. The van der Waals surface area contributed by atoms with Gasteiger partial charge < -0.3 is 10.2 Å². The molecule has 17 heavy (non-hydrogen) atoms. The number of rotatable bonds is 2. The van der Waals surface area contributed by atoms with Crippen molar-refractivity contribution in [2.24, 2.45) is 0 Å². The second-order valence-electron chi connectivity index (χ2n) is 3.93. The molecule has 1 saturated heterocycles. The van der Waals surface area contributed by atoms with Crippen LogP contribution in [0.5, 0.6) is 0 Å². The molecule has 1 atom stereocenters. The van der Waals surface area contributed by atoms with Crippen LogP contribution in [0, 0.1) is 0 Å².